The van der Waals surface area contributed by atoms with Crippen molar-refractivity contribution in [3.8, 4) is 17.2 Å². The van der Waals surface area contributed by atoms with E-state index >= 15 is 0 Å². The molecule has 0 saturated heterocycles. The molecule has 0 bridgehead atoms. The lowest BCUT2D eigenvalue weighted by molar-refractivity contribution is -0.128. The van der Waals surface area contributed by atoms with Gasteiger partial charge in [0.25, 0.3) is 5.91 Å². The Labute approximate surface area is 123 Å². The molecule has 114 valence electrons. The van der Waals surface area contributed by atoms with Crippen LogP contribution < -0.4 is 19.5 Å². The summed E-state index contributed by atoms with van der Waals surface area (Å²) in [6.07, 6.45) is -0.0746. The minimum atomic E-state index is -0.733. The normalized spacial score (nSPS) is 14.5. The fourth-order valence-electron chi connectivity index (χ4n) is 1.85. The van der Waals surface area contributed by atoms with Crippen molar-refractivity contribution in [1.82, 2.24) is 5.32 Å². The third kappa shape index (κ3) is 3.65. The molecule has 1 aromatic rings. The molecule has 1 unspecified atom stereocenters. The fourth-order valence-corrected chi connectivity index (χ4v) is 1.85. The SMILES string of the molecule is CC(Oc1cc2c(cc1C=O)OCO2)C(=O)NC(C)(C)C. The van der Waals surface area contributed by atoms with Gasteiger partial charge in [-0.1, -0.05) is 0 Å². The molecule has 0 aliphatic carbocycles. The van der Waals surface area contributed by atoms with E-state index in [4.69, 9.17) is 14.2 Å². The van der Waals surface area contributed by atoms with Crippen LogP contribution in [0.25, 0.3) is 0 Å². The number of ether oxygens (including phenoxy) is 3. The van der Waals surface area contributed by atoms with Crippen molar-refractivity contribution in [1.29, 1.82) is 0 Å². The van der Waals surface area contributed by atoms with Gasteiger partial charge in [0, 0.05) is 11.6 Å². The summed E-state index contributed by atoms with van der Waals surface area (Å²) < 4.78 is 16.0. The molecule has 0 fully saturated rings. The maximum atomic E-state index is 12.0. The van der Waals surface area contributed by atoms with Crippen LogP contribution in [0.15, 0.2) is 12.1 Å². The van der Waals surface area contributed by atoms with Gasteiger partial charge in [-0.2, -0.15) is 0 Å². The van der Waals surface area contributed by atoms with Gasteiger partial charge in [-0.15, -0.1) is 0 Å². The molecular weight excluding hydrogens is 274 g/mol. The molecule has 1 aliphatic heterocycles. The summed E-state index contributed by atoms with van der Waals surface area (Å²) in [5.41, 5.74) is -0.0356. The third-order valence-electron chi connectivity index (χ3n) is 2.80. The zero-order valence-corrected chi connectivity index (χ0v) is 12.6. The summed E-state index contributed by atoms with van der Waals surface area (Å²) in [7, 11) is 0. The molecule has 1 amide bonds. The molecule has 1 N–H and O–H groups in total. The predicted octanol–water partition coefficient (Wildman–Crippen LogP) is 1.91. The molecule has 2 rings (SSSR count). The minimum absolute atomic E-state index is 0.108. The molecular formula is C15H19NO5. The highest BCUT2D eigenvalue weighted by molar-refractivity contribution is 5.84. The number of hydrogen-bond donors (Lipinski definition) is 1. The highest BCUT2D eigenvalue weighted by Gasteiger charge is 2.23. The summed E-state index contributed by atoms with van der Waals surface area (Å²) in [4.78, 5) is 23.1. The quantitative estimate of drug-likeness (QED) is 0.858. The molecule has 6 nitrogen and oxygen atoms in total. The number of aldehydes is 1. The van der Waals surface area contributed by atoms with E-state index in [1.54, 1.807) is 19.1 Å². The molecule has 1 aromatic carbocycles. The summed E-state index contributed by atoms with van der Waals surface area (Å²) in [6.45, 7) is 7.39. The van der Waals surface area contributed by atoms with Crippen molar-refractivity contribution in [3.05, 3.63) is 17.7 Å². The van der Waals surface area contributed by atoms with Gasteiger partial charge in [-0.25, -0.2) is 0 Å². The summed E-state index contributed by atoms with van der Waals surface area (Å²) in [5.74, 6) is 1.04. The molecule has 0 saturated carbocycles. The standard InChI is InChI=1S/C15H19NO5/c1-9(14(18)16-15(2,3)4)21-11-6-13-12(19-8-20-13)5-10(11)7-17/h5-7,9H,8H2,1-4H3,(H,16,18). The fraction of sp³-hybridized carbons (Fsp3) is 0.467. The van der Waals surface area contributed by atoms with Crippen molar-refractivity contribution < 1.29 is 23.8 Å². The van der Waals surface area contributed by atoms with Crippen LogP contribution in [-0.4, -0.2) is 30.6 Å². The van der Waals surface area contributed by atoms with Crippen molar-refractivity contribution in [2.45, 2.75) is 39.3 Å². The number of benzene rings is 1. The number of nitrogens with one attached hydrogen (secondary N) is 1. The lowest BCUT2D eigenvalue weighted by Gasteiger charge is -2.24. The van der Waals surface area contributed by atoms with E-state index in [2.05, 4.69) is 5.32 Å². The predicted molar refractivity (Wildman–Crippen MR) is 75.9 cm³/mol. The van der Waals surface area contributed by atoms with Gasteiger partial charge in [0.05, 0.1) is 5.56 Å². The Kier molecular flexibility index (Phi) is 4.06. The summed E-state index contributed by atoms with van der Waals surface area (Å²) in [6, 6.07) is 3.10. The van der Waals surface area contributed by atoms with Crippen LogP contribution in [-0.2, 0) is 4.79 Å². The van der Waals surface area contributed by atoms with Gasteiger partial charge in [0.2, 0.25) is 6.79 Å². The highest BCUT2D eigenvalue weighted by atomic mass is 16.7. The Hall–Kier alpha value is -2.24. The zero-order valence-electron chi connectivity index (χ0n) is 12.6. The van der Waals surface area contributed by atoms with Crippen molar-refractivity contribution in [2.75, 3.05) is 6.79 Å². The highest BCUT2D eigenvalue weighted by Crippen LogP contribution is 2.37. The number of carbonyl (C=O) groups excluding carboxylic acids is 2. The first-order valence-corrected chi connectivity index (χ1v) is 6.67. The van der Waals surface area contributed by atoms with Gasteiger partial charge in [0.1, 0.15) is 5.75 Å². The molecule has 1 aliphatic rings. The van der Waals surface area contributed by atoms with Crippen LogP contribution in [0.1, 0.15) is 38.1 Å². The van der Waals surface area contributed by atoms with E-state index in [1.165, 1.54) is 0 Å². The average Bonchev–Trinajstić information content (AvgIpc) is 2.82. The Morgan fingerprint density at radius 1 is 1.33 bits per heavy atom. The van der Waals surface area contributed by atoms with Crippen LogP contribution in [0, 0.1) is 0 Å². The van der Waals surface area contributed by atoms with Crippen LogP contribution in [0.2, 0.25) is 0 Å². The summed E-state index contributed by atoms with van der Waals surface area (Å²) in [5, 5.41) is 2.82. The summed E-state index contributed by atoms with van der Waals surface area (Å²) >= 11 is 0. The van der Waals surface area contributed by atoms with E-state index in [1.807, 2.05) is 20.8 Å². The van der Waals surface area contributed by atoms with Crippen molar-refractivity contribution in [2.24, 2.45) is 0 Å². The van der Waals surface area contributed by atoms with E-state index in [0.717, 1.165) is 0 Å². The largest absolute Gasteiger partial charge is 0.480 e. The number of hydrogen-bond acceptors (Lipinski definition) is 5. The van der Waals surface area contributed by atoms with Crippen LogP contribution >= 0.6 is 0 Å². The minimum Gasteiger partial charge on any atom is -0.480 e. The van der Waals surface area contributed by atoms with Crippen LogP contribution in [0.3, 0.4) is 0 Å². The molecule has 6 heteroatoms. The van der Waals surface area contributed by atoms with Gasteiger partial charge in [0.15, 0.2) is 23.9 Å². The molecule has 1 heterocycles. The Balaban J connectivity index is 2.15. The second-order valence-electron chi connectivity index (χ2n) is 5.86. The molecule has 21 heavy (non-hydrogen) atoms. The van der Waals surface area contributed by atoms with Crippen LogP contribution in [0.4, 0.5) is 0 Å². The van der Waals surface area contributed by atoms with Crippen LogP contribution in [0.5, 0.6) is 17.2 Å². The van der Waals surface area contributed by atoms with Gasteiger partial charge < -0.3 is 19.5 Å². The second kappa shape index (κ2) is 5.63. The van der Waals surface area contributed by atoms with Gasteiger partial charge in [-0.3, -0.25) is 9.59 Å². The third-order valence-corrected chi connectivity index (χ3v) is 2.80. The maximum absolute atomic E-state index is 12.0. The lowest BCUT2D eigenvalue weighted by atomic mass is 10.1. The first-order valence-electron chi connectivity index (χ1n) is 6.67. The van der Waals surface area contributed by atoms with Gasteiger partial charge in [-0.05, 0) is 33.8 Å². The smallest absolute Gasteiger partial charge is 0.261 e. The number of amides is 1. The Morgan fingerprint density at radius 3 is 2.52 bits per heavy atom. The Morgan fingerprint density at radius 2 is 1.95 bits per heavy atom. The molecule has 0 spiro atoms. The van der Waals surface area contributed by atoms with Crippen molar-refractivity contribution in [3.63, 3.8) is 0 Å². The van der Waals surface area contributed by atoms with E-state index in [9.17, 15) is 9.59 Å². The van der Waals surface area contributed by atoms with E-state index in [0.29, 0.717) is 29.1 Å². The lowest BCUT2D eigenvalue weighted by Crippen LogP contribution is -2.46. The maximum Gasteiger partial charge on any atom is 0.261 e. The average molecular weight is 293 g/mol. The first kappa shape index (κ1) is 15.2. The monoisotopic (exact) mass is 293 g/mol. The van der Waals surface area contributed by atoms with E-state index < -0.39 is 6.10 Å². The van der Waals surface area contributed by atoms with Gasteiger partial charge >= 0.3 is 0 Å². The topological polar surface area (TPSA) is 73.9 Å². The van der Waals surface area contributed by atoms with E-state index in [-0.39, 0.29) is 18.2 Å². The molecule has 0 radical (unpaired) electrons. The first-order chi connectivity index (χ1) is 9.80. The Bertz CT molecular complexity index is 562. The molecule has 1 atom stereocenters. The second-order valence-corrected chi connectivity index (χ2v) is 5.86. The number of rotatable bonds is 4. The number of fused-ring (bicyclic) bond motifs is 1. The molecule has 0 aromatic heterocycles. The van der Waals surface area contributed by atoms with Crippen molar-refractivity contribution >= 4 is 12.2 Å². The zero-order chi connectivity index (χ0) is 15.6. The number of carbonyl (C=O) groups is 2.